The maximum atomic E-state index is 12.6. The van der Waals surface area contributed by atoms with Gasteiger partial charge in [0.05, 0.1) is 11.8 Å². The van der Waals surface area contributed by atoms with Crippen molar-refractivity contribution in [3.8, 4) is 5.75 Å². The van der Waals surface area contributed by atoms with Gasteiger partial charge < -0.3 is 20.7 Å². The van der Waals surface area contributed by atoms with Gasteiger partial charge in [-0.25, -0.2) is 0 Å². The number of anilines is 2. The summed E-state index contributed by atoms with van der Waals surface area (Å²) in [5.41, 5.74) is 8.87. The summed E-state index contributed by atoms with van der Waals surface area (Å²) < 4.78 is 5.70. The minimum Gasteiger partial charge on any atom is -0.487 e. The molecule has 3 aromatic rings. The third-order valence-corrected chi connectivity index (χ3v) is 5.19. The Bertz CT molecular complexity index is 1080. The molecule has 0 atom stereocenters. The van der Waals surface area contributed by atoms with Crippen LogP contribution in [-0.4, -0.2) is 29.9 Å². The highest BCUT2D eigenvalue weighted by molar-refractivity contribution is 6.04. The van der Waals surface area contributed by atoms with Gasteiger partial charge in [0.25, 0.3) is 5.91 Å². The average molecular weight is 416 g/mol. The number of rotatable bonds is 7. The molecule has 0 saturated carbocycles. The standard InChI is InChI=1S/C24H24N4O3/c25-23(29)19-13-22(15-26-14-19)31-16-17-4-3-5-20(12-17)27-24(30)18-6-8-21(9-7-18)28-10-1-2-11-28/h3-9,12-15H,1-2,10-11,16H2,(H2,25,29)(H,27,30). The van der Waals surface area contributed by atoms with E-state index in [0.717, 1.165) is 24.3 Å². The summed E-state index contributed by atoms with van der Waals surface area (Å²) in [5, 5.41) is 2.93. The third-order valence-electron chi connectivity index (χ3n) is 5.19. The van der Waals surface area contributed by atoms with Crippen LogP contribution in [0.15, 0.2) is 67.0 Å². The third kappa shape index (κ3) is 5.19. The minimum absolute atomic E-state index is 0.163. The first-order valence-electron chi connectivity index (χ1n) is 10.2. The number of carbonyl (C=O) groups excluding carboxylic acids is 2. The molecule has 0 aliphatic carbocycles. The van der Waals surface area contributed by atoms with Gasteiger partial charge in [0.2, 0.25) is 5.91 Å². The largest absolute Gasteiger partial charge is 0.487 e. The first kappa shape index (κ1) is 20.4. The van der Waals surface area contributed by atoms with Gasteiger partial charge in [0, 0.05) is 36.2 Å². The molecule has 7 nitrogen and oxygen atoms in total. The van der Waals surface area contributed by atoms with E-state index in [-0.39, 0.29) is 18.1 Å². The lowest BCUT2D eigenvalue weighted by atomic mass is 10.1. The lowest BCUT2D eigenvalue weighted by Gasteiger charge is -2.17. The van der Waals surface area contributed by atoms with Gasteiger partial charge in [-0.2, -0.15) is 0 Å². The molecule has 2 heterocycles. The van der Waals surface area contributed by atoms with E-state index >= 15 is 0 Å². The molecule has 2 amide bonds. The zero-order chi connectivity index (χ0) is 21.6. The monoisotopic (exact) mass is 416 g/mol. The van der Waals surface area contributed by atoms with Gasteiger partial charge in [-0.05, 0) is 60.9 Å². The molecule has 1 fully saturated rings. The predicted octanol–water partition coefficient (Wildman–Crippen LogP) is 3.61. The fourth-order valence-electron chi connectivity index (χ4n) is 3.54. The van der Waals surface area contributed by atoms with Crippen LogP contribution in [0.25, 0.3) is 0 Å². The molecule has 7 heteroatoms. The van der Waals surface area contributed by atoms with Crippen molar-refractivity contribution >= 4 is 23.2 Å². The number of carbonyl (C=O) groups is 2. The van der Waals surface area contributed by atoms with Crippen molar-refractivity contribution < 1.29 is 14.3 Å². The van der Waals surface area contributed by atoms with Crippen molar-refractivity contribution in [3.05, 3.63) is 83.7 Å². The Morgan fingerprint density at radius 1 is 1.00 bits per heavy atom. The summed E-state index contributed by atoms with van der Waals surface area (Å²) in [6.45, 7) is 2.41. The molecule has 31 heavy (non-hydrogen) atoms. The lowest BCUT2D eigenvalue weighted by Crippen LogP contribution is -2.18. The second-order valence-corrected chi connectivity index (χ2v) is 7.46. The van der Waals surface area contributed by atoms with Crippen LogP contribution in [0.3, 0.4) is 0 Å². The van der Waals surface area contributed by atoms with E-state index in [4.69, 9.17) is 10.5 Å². The van der Waals surface area contributed by atoms with Crippen LogP contribution in [0.2, 0.25) is 0 Å². The number of ether oxygens (including phenoxy) is 1. The van der Waals surface area contributed by atoms with Crippen LogP contribution < -0.4 is 20.7 Å². The van der Waals surface area contributed by atoms with E-state index in [1.165, 1.54) is 25.2 Å². The van der Waals surface area contributed by atoms with E-state index in [1.807, 2.05) is 48.5 Å². The van der Waals surface area contributed by atoms with Gasteiger partial charge in [-0.3, -0.25) is 14.6 Å². The number of hydrogen-bond acceptors (Lipinski definition) is 5. The summed E-state index contributed by atoms with van der Waals surface area (Å²) in [6.07, 6.45) is 5.34. The maximum absolute atomic E-state index is 12.6. The van der Waals surface area contributed by atoms with Crippen molar-refractivity contribution in [2.24, 2.45) is 5.73 Å². The summed E-state index contributed by atoms with van der Waals surface area (Å²) >= 11 is 0. The molecule has 1 aliphatic rings. The van der Waals surface area contributed by atoms with Crippen LogP contribution in [0.1, 0.15) is 39.1 Å². The van der Waals surface area contributed by atoms with Gasteiger partial charge in [0.1, 0.15) is 12.4 Å². The van der Waals surface area contributed by atoms with E-state index in [1.54, 1.807) is 6.07 Å². The number of primary amides is 1. The Labute approximate surface area is 180 Å². The fraction of sp³-hybridized carbons (Fsp3) is 0.208. The van der Waals surface area contributed by atoms with Crippen molar-refractivity contribution in [1.29, 1.82) is 0 Å². The fourth-order valence-corrected chi connectivity index (χ4v) is 3.54. The normalized spacial score (nSPS) is 13.1. The molecular formula is C24H24N4O3. The minimum atomic E-state index is -0.559. The van der Waals surface area contributed by atoms with Crippen molar-refractivity contribution in [2.75, 3.05) is 23.3 Å². The predicted molar refractivity (Wildman–Crippen MR) is 119 cm³/mol. The van der Waals surface area contributed by atoms with Gasteiger partial charge in [-0.1, -0.05) is 12.1 Å². The molecule has 1 saturated heterocycles. The first-order valence-corrected chi connectivity index (χ1v) is 10.2. The average Bonchev–Trinajstić information content (AvgIpc) is 3.33. The van der Waals surface area contributed by atoms with Crippen molar-refractivity contribution in [1.82, 2.24) is 4.98 Å². The summed E-state index contributed by atoms with van der Waals surface area (Å²) in [7, 11) is 0. The molecule has 0 bridgehead atoms. The Hall–Kier alpha value is -3.87. The quantitative estimate of drug-likeness (QED) is 0.613. The molecule has 1 aromatic heterocycles. The SMILES string of the molecule is NC(=O)c1cncc(OCc2cccc(NC(=O)c3ccc(N4CCCC4)cc3)c2)c1. The van der Waals surface area contributed by atoms with Crippen LogP contribution in [-0.2, 0) is 6.61 Å². The van der Waals surface area contributed by atoms with E-state index in [2.05, 4.69) is 15.2 Å². The highest BCUT2D eigenvalue weighted by Gasteiger charge is 2.13. The first-order chi connectivity index (χ1) is 15.1. The number of pyridine rings is 1. The highest BCUT2D eigenvalue weighted by Crippen LogP contribution is 2.21. The number of benzene rings is 2. The molecule has 158 valence electrons. The molecule has 0 unspecified atom stereocenters. The van der Waals surface area contributed by atoms with E-state index < -0.39 is 5.91 Å². The van der Waals surface area contributed by atoms with Crippen molar-refractivity contribution in [3.63, 3.8) is 0 Å². The number of aromatic nitrogens is 1. The topological polar surface area (TPSA) is 97.5 Å². The van der Waals surface area contributed by atoms with Crippen LogP contribution in [0, 0.1) is 0 Å². The summed E-state index contributed by atoms with van der Waals surface area (Å²) in [5.74, 6) is -0.274. The van der Waals surface area contributed by atoms with Gasteiger partial charge in [-0.15, -0.1) is 0 Å². The molecule has 4 rings (SSSR count). The molecule has 1 aliphatic heterocycles. The number of hydrogen-bond donors (Lipinski definition) is 2. The molecule has 0 spiro atoms. The zero-order valence-corrected chi connectivity index (χ0v) is 17.1. The Morgan fingerprint density at radius 2 is 1.77 bits per heavy atom. The molecule has 2 aromatic carbocycles. The lowest BCUT2D eigenvalue weighted by molar-refractivity contribution is 0.0997. The number of nitrogens with one attached hydrogen (secondary N) is 1. The second kappa shape index (κ2) is 9.30. The smallest absolute Gasteiger partial charge is 0.255 e. The zero-order valence-electron chi connectivity index (χ0n) is 17.1. The number of amides is 2. The van der Waals surface area contributed by atoms with Crippen LogP contribution >= 0.6 is 0 Å². The second-order valence-electron chi connectivity index (χ2n) is 7.46. The molecule has 0 radical (unpaired) electrons. The van der Waals surface area contributed by atoms with Crippen molar-refractivity contribution in [2.45, 2.75) is 19.4 Å². The summed E-state index contributed by atoms with van der Waals surface area (Å²) in [6, 6.07) is 16.7. The number of nitrogens with zero attached hydrogens (tertiary/aromatic N) is 2. The van der Waals surface area contributed by atoms with E-state index in [9.17, 15) is 9.59 Å². The Balaban J connectivity index is 1.37. The number of nitrogens with two attached hydrogens (primary N) is 1. The Morgan fingerprint density at radius 3 is 2.52 bits per heavy atom. The van der Waals surface area contributed by atoms with E-state index in [0.29, 0.717) is 17.0 Å². The van der Waals surface area contributed by atoms with Gasteiger partial charge in [0.15, 0.2) is 0 Å². The molecule has 3 N–H and O–H groups in total. The highest BCUT2D eigenvalue weighted by atomic mass is 16.5. The Kier molecular flexibility index (Phi) is 6.12. The van der Waals surface area contributed by atoms with Gasteiger partial charge >= 0.3 is 0 Å². The van der Waals surface area contributed by atoms with Crippen LogP contribution in [0.5, 0.6) is 5.75 Å². The molecular weight excluding hydrogens is 392 g/mol. The maximum Gasteiger partial charge on any atom is 0.255 e. The van der Waals surface area contributed by atoms with Crippen LogP contribution in [0.4, 0.5) is 11.4 Å². The summed E-state index contributed by atoms with van der Waals surface area (Å²) in [4.78, 5) is 30.2.